The fraction of sp³-hybridized carbons (Fsp3) is 0.200. The second-order valence-electron chi connectivity index (χ2n) is 5.15. The quantitative estimate of drug-likeness (QED) is 0.778. The molecule has 110 valence electrons. The van der Waals surface area contributed by atoms with Crippen LogP contribution < -0.4 is 4.90 Å². The zero-order valence-corrected chi connectivity index (χ0v) is 11.8. The number of hydrogen-bond donors (Lipinski definition) is 1. The van der Waals surface area contributed by atoms with E-state index in [0.29, 0.717) is 17.9 Å². The van der Waals surface area contributed by atoms with Crippen molar-refractivity contribution in [3.63, 3.8) is 0 Å². The van der Waals surface area contributed by atoms with Gasteiger partial charge in [0.1, 0.15) is 0 Å². The zero-order valence-electron chi connectivity index (χ0n) is 11.8. The van der Waals surface area contributed by atoms with Gasteiger partial charge in [0.2, 0.25) is 0 Å². The number of aromatic amines is 1. The zero-order chi connectivity index (χ0) is 14.9. The van der Waals surface area contributed by atoms with Gasteiger partial charge in [-0.3, -0.25) is 9.89 Å². The van der Waals surface area contributed by atoms with E-state index in [2.05, 4.69) is 20.3 Å². The van der Waals surface area contributed by atoms with Gasteiger partial charge >= 0.3 is 0 Å². The molecule has 4 rings (SSSR count). The first-order valence-corrected chi connectivity index (χ1v) is 7.13. The number of fused-ring (bicyclic) bond motifs is 1. The van der Waals surface area contributed by atoms with Gasteiger partial charge < -0.3 is 4.90 Å². The predicted molar refractivity (Wildman–Crippen MR) is 79.9 cm³/mol. The summed E-state index contributed by atoms with van der Waals surface area (Å²) in [5.41, 5.74) is 2.48. The topological polar surface area (TPSA) is 79.7 Å². The first-order valence-electron chi connectivity index (χ1n) is 7.13. The number of rotatable bonds is 2. The lowest BCUT2D eigenvalue weighted by Gasteiger charge is -2.26. The summed E-state index contributed by atoms with van der Waals surface area (Å²) in [5, 5.41) is 11.1. The molecule has 7 nitrogen and oxygen atoms in total. The van der Waals surface area contributed by atoms with Crippen molar-refractivity contribution in [2.24, 2.45) is 0 Å². The van der Waals surface area contributed by atoms with Gasteiger partial charge in [0.15, 0.2) is 5.82 Å². The van der Waals surface area contributed by atoms with Crippen LogP contribution in [0.15, 0.2) is 43.0 Å². The molecule has 0 aromatic carbocycles. The average Bonchev–Trinajstić information content (AvgIpc) is 3.25. The Balaban J connectivity index is 1.69. The average molecular weight is 294 g/mol. The number of carbonyl (C=O) groups excluding carboxylic acids is 1. The second kappa shape index (κ2) is 5.10. The van der Waals surface area contributed by atoms with E-state index in [1.807, 2.05) is 6.07 Å². The molecule has 7 heteroatoms. The highest BCUT2D eigenvalue weighted by atomic mass is 16.2. The van der Waals surface area contributed by atoms with Gasteiger partial charge in [0.25, 0.3) is 5.91 Å². The van der Waals surface area contributed by atoms with E-state index >= 15 is 0 Å². The molecular formula is C15H14N6O. The third-order valence-electron chi connectivity index (χ3n) is 3.77. The van der Waals surface area contributed by atoms with Crippen LogP contribution in [-0.2, 0) is 6.42 Å². The maximum atomic E-state index is 12.8. The van der Waals surface area contributed by atoms with Crippen LogP contribution in [0.1, 0.15) is 22.5 Å². The summed E-state index contributed by atoms with van der Waals surface area (Å²) in [4.78, 5) is 18.8. The van der Waals surface area contributed by atoms with E-state index in [-0.39, 0.29) is 5.91 Å². The number of hydrogen-bond acceptors (Lipinski definition) is 4. The van der Waals surface area contributed by atoms with Crippen molar-refractivity contribution in [1.82, 2.24) is 25.0 Å². The van der Waals surface area contributed by atoms with Crippen molar-refractivity contribution in [2.45, 2.75) is 12.8 Å². The van der Waals surface area contributed by atoms with Crippen molar-refractivity contribution in [1.29, 1.82) is 0 Å². The highest BCUT2D eigenvalue weighted by molar-refractivity contribution is 6.06. The molecule has 0 saturated heterocycles. The van der Waals surface area contributed by atoms with E-state index in [4.69, 9.17) is 0 Å². The number of aromatic nitrogens is 5. The molecule has 0 bridgehead atoms. The molecule has 0 unspecified atom stereocenters. The molecule has 1 N–H and O–H groups in total. The first-order chi connectivity index (χ1) is 10.8. The Kier molecular flexibility index (Phi) is 2.96. The van der Waals surface area contributed by atoms with Crippen molar-refractivity contribution >= 4 is 11.6 Å². The molecule has 1 amide bonds. The highest BCUT2D eigenvalue weighted by Crippen LogP contribution is 2.26. The first kappa shape index (κ1) is 12.8. The summed E-state index contributed by atoms with van der Waals surface area (Å²) in [6, 6.07) is 5.30. The molecule has 22 heavy (non-hydrogen) atoms. The molecule has 0 saturated carbocycles. The van der Waals surface area contributed by atoms with Crippen LogP contribution in [-0.4, -0.2) is 37.4 Å². The summed E-state index contributed by atoms with van der Waals surface area (Å²) in [6.45, 7) is 0.699. The summed E-state index contributed by atoms with van der Waals surface area (Å²) in [6.07, 6.45) is 8.67. The number of aryl methyl sites for hydroxylation is 1. The van der Waals surface area contributed by atoms with E-state index in [1.165, 1.54) is 0 Å². The lowest BCUT2D eigenvalue weighted by molar-refractivity contribution is 0.0985. The summed E-state index contributed by atoms with van der Waals surface area (Å²) in [7, 11) is 0. The molecule has 0 radical (unpaired) electrons. The lowest BCUT2D eigenvalue weighted by Crippen LogP contribution is -2.35. The van der Waals surface area contributed by atoms with E-state index < -0.39 is 0 Å². The number of H-pyrrole nitrogens is 1. The van der Waals surface area contributed by atoms with E-state index in [9.17, 15) is 4.79 Å². The fourth-order valence-corrected chi connectivity index (χ4v) is 2.71. The number of nitrogens with one attached hydrogen (secondary N) is 1. The van der Waals surface area contributed by atoms with Gasteiger partial charge in [-0.05, 0) is 31.0 Å². The number of carbonyl (C=O) groups is 1. The van der Waals surface area contributed by atoms with Gasteiger partial charge in [0.05, 0.1) is 17.6 Å². The normalized spacial score (nSPS) is 13.9. The van der Waals surface area contributed by atoms with Crippen molar-refractivity contribution in [2.75, 3.05) is 11.4 Å². The van der Waals surface area contributed by atoms with Gasteiger partial charge in [-0.1, -0.05) is 0 Å². The van der Waals surface area contributed by atoms with Crippen molar-refractivity contribution < 1.29 is 4.79 Å². The Bertz CT molecular complexity index is 807. The van der Waals surface area contributed by atoms with Gasteiger partial charge in [0, 0.05) is 30.7 Å². The minimum absolute atomic E-state index is 0.0434. The Morgan fingerprint density at radius 1 is 1.32 bits per heavy atom. The lowest BCUT2D eigenvalue weighted by atomic mass is 10.1. The highest BCUT2D eigenvalue weighted by Gasteiger charge is 2.25. The van der Waals surface area contributed by atoms with Crippen LogP contribution in [0.5, 0.6) is 0 Å². The molecule has 0 spiro atoms. The van der Waals surface area contributed by atoms with Crippen LogP contribution in [0.4, 0.5) is 5.69 Å². The number of anilines is 1. The number of amides is 1. The minimum Gasteiger partial charge on any atom is -0.305 e. The maximum absolute atomic E-state index is 12.8. The SMILES string of the molecule is O=C(c1ccnc(-n2cccn2)c1)N1CCCc2[nH]ncc21. The van der Waals surface area contributed by atoms with Crippen LogP contribution in [0.3, 0.4) is 0 Å². The smallest absolute Gasteiger partial charge is 0.258 e. The molecule has 1 aliphatic rings. The van der Waals surface area contributed by atoms with Crippen LogP contribution in [0.25, 0.3) is 5.82 Å². The van der Waals surface area contributed by atoms with E-state index in [0.717, 1.165) is 24.2 Å². The summed E-state index contributed by atoms with van der Waals surface area (Å²) < 4.78 is 1.64. The molecule has 1 aliphatic heterocycles. The molecule has 3 aromatic rings. The van der Waals surface area contributed by atoms with Gasteiger partial charge in [-0.25, -0.2) is 9.67 Å². The third-order valence-corrected chi connectivity index (χ3v) is 3.77. The maximum Gasteiger partial charge on any atom is 0.258 e. The van der Waals surface area contributed by atoms with Crippen molar-refractivity contribution in [3.05, 3.63) is 54.2 Å². The largest absolute Gasteiger partial charge is 0.305 e. The molecule has 3 aromatic heterocycles. The van der Waals surface area contributed by atoms with Gasteiger partial charge in [-0.15, -0.1) is 0 Å². The Morgan fingerprint density at radius 2 is 2.27 bits per heavy atom. The second-order valence-corrected chi connectivity index (χ2v) is 5.15. The standard InChI is InChI=1S/C15H14N6O/c22-15(20-7-1-3-12-13(20)10-17-19-12)11-4-6-16-14(9-11)21-8-2-5-18-21/h2,4-6,8-10H,1,3,7H2,(H,17,19). The molecule has 0 aliphatic carbocycles. The molecule has 0 fully saturated rings. The van der Waals surface area contributed by atoms with Crippen LogP contribution in [0.2, 0.25) is 0 Å². The Labute approximate surface area is 126 Å². The van der Waals surface area contributed by atoms with Crippen LogP contribution in [0, 0.1) is 0 Å². The third kappa shape index (κ3) is 2.07. The summed E-state index contributed by atoms with van der Waals surface area (Å²) in [5.74, 6) is 0.582. The monoisotopic (exact) mass is 294 g/mol. The summed E-state index contributed by atoms with van der Waals surface area (Å²) >= 11 is 0. The van der Waals surface area contributed by atoms with E-state index in [1.54, 1.807) is 46.5 Å². The Morgan fingerprint density at radius 3 is 3.14 bits per heavy atom. The van der Waals surface area contributed by atoms with Gasteiger partial charge in [-0.2, -0.15) is 10.2 Å². The number of pyridine rings is 1. The number of nitrogens with zero attached hydrogens (tertiary/aromatic N) is 5. The predicted octanol–water partition coefficient (Wildman–Crippen LogP) is 1.58. The molecular weight excluding hydrogens is 280 g/mol. The van der Waals surface area contributed by atoms with Crippen molar-refractivity contribution in [3.8, 4) is 5.82 Å². The molecule has 0 atom stereocenters. The minimum atomic E-state index is -0.0434. The van der Waals surface area contributed by atoms with Crippen LogP contribution >= 0.6 is 0 Å². The molecule has 4 heterocycles. The Hall–Kier alpha value is -2.96. The fourth-order valence-electron chi connectivity index (χ4n) is 2.71.